The van der Waals surface area contributed by atoms with Crippen LogP contribution in [0.5, 0.6) is 11.5 Å². The van der Waals surface area contributed by atoms with Gasteiger partial charge in [0.2, 0.25) is 0 Å². The van der Waals surface area contributed by atoms with E-state index in [1.807, 2.05) is 41.5 Å². The van der Waals surface area contributed by atoms with Crippen molar-refractivity contribution in [3.8, 4) is 33.8 Å². The first kappa shape index (κ1) is 72.8. The number of pyridine rings is 4. The van der Waals surface area contributed by atoms with Gasteiger partial charge in [-0.3, -0.25) is 29.4 Å². The highest BCUT2D eigenvalue weighted by Gasteiger charge is 2.36. The van der Waals surface area contributed by atoms with E-state index >= 15 is 17.6 Å². The lowest BCUT2D eigenvalue weighted by molar-refractivity contribution is -0.112. The van der Waals surface area contributed by atoms with E-state index in [1.165, 1.54) is 12.1 Å². The minimum Gasteiger partial charge on any atom is -0.484 e. The van der Waals surface area contributed by atoms with Gasteiger partial charge in [0.05, 0.1) is 10.8 Å². The highest BCUT2D eigenvalue weighted by atomic mass is 19.1. The molecule has 2 aromatic carbocycles. The number of hydrogen-bond acceptors (Lipinski definition) is 14. The molecule has 1 N–H and O–H groups in total. The van der Waals surface area contributed by atoms with Gasteiger partial charge in [0.1, 0.15) is 42.0 Å². The van der Waals surface area contributed by atoms with E-state index < -0.39 is 47.4 Å². The Bertz CT molecular complexity index is 3690. The van der Waals surface area contributed by atoms with Gasteiger partial charge >= 0.3 is 12.2 Å². The molecule has 0 bridgehead atoms. The maximum absolute atomic E-state index is 15.4. The van der Waals surface area contributed by atoms with Crippen LogP contribution in [-0.4, -0.2) is 171 Å². The fourth-order valence-electron chi connectivity index (χ4n) is 13.2. The van der Waals surface area contributed by atoms with Crippen molar-refractivity contribution in [2.24, 2.45) is 17.8 Å². The van der Waals surface area contributed by atoms with Gasteiger partial charge in [0, 0.05) is 133 Å². The third kappa shape index (κ3) is 19.9. The number of piperidine rings is 5. The molecule has 9 heterocycles. The van der Waals surface area contributed by atoms with Crippen LogP contribution in [0.1, 0.15) is 132 Å². The summed E-state index contributed by atoms with van der Waals surface area (Å²) in [6.45, 7) is 24.7. The van der Waals surface area contributed by atoms with Gasteiger partial charge in [-0.25, -0.2) is 27.2 Å². The van der Waals surface area contributed by atoms with E-state index in [2.05, 4.69) is 38.9 Å². The van der Waals surface area contributed by atoms with Crippen LogP contribution < -0.4 is 25.9 Å². The van der Waals surface area contributed by atoms with Crippen molar-refractivity contribution in [1.82, 2.24) is 44.0 Å². The number of halogens is 4. The third-order valence-corrected chi connectivity index (χ3v) is 18.6. The van der Waals surface area contributed by atoms with Crippen LogP contribution in [0.25, 0.3) is 43.8 Å². The Kier molecular flexibility index (Phi) is 25.6. The molecule has 0 radical (unpaired) electrons. The van der Waals surface area contributed by atoms with E-state index in [0.29, 0.717) is 104 Å². The number of amides is 2. The zero-order chi connectivity index (χ0) is 68.7. The van der Waals surface area contributed by atoms with Crippen molar-refractivity contribution < 1.29 is 50.9 Å². The summed E-state index contributed by atoms with van der Waals surface area (Å²) in [6.07, 6.45) is 16.7. The van der Waals surface area contributed by atoms with Crippen molar-refractivity contribution >= 4 is 40.0 Å². The predicted octanol–water partition coefficient (Wildman–Crippen LogP) is 13.1. The number of rotatable bonds is 17. The molecular formula is C74H99F4N9O9. The number of hydrogen-bond donors (Lipinski definition) is 1. The van der Waals surface area contributed by atoms with Crippen LogP contribution in [0.15, 0.2) is 95.3 Å². The second kappa shape index (κ2) is 33.7. The van der Waals surface area contributed by atoms with Gasteiger partial charge in [-0.15, -0.1) is 0 Å². The number of benzene rings is 2. The summed E-state index contributed by atoms with van der Waals surface area (Å²) in [4.78, 5) is 76.4. The van der Waals surface area contributed by atoms with Crippen molar-refractivity contribution in [1.29, 1.82) is 0 Å². The lowest BCUT2D eigenvalue weighted by atomic mass is 9.95. The Morgan fingerprint density at radius 2 is 0.990 bits per heavy atom. The smallest absolute Gasteiger partial charge is 0.410 e. The molecule has 4 aromatic heterocycles. The normalized spacial score (nSPS) is 20.4. The fraction of sp³-hybridized carbons (Fsp3) is 0.581. The number of aromatic nitrogens is 4. The molecule has 22 heteroatoms. The van der Waals surface area contributed by atoms with Gasteiger partial charge in [0.25, 0.3) is 11.1 Å². The van der Waals surface area contributed by atoms with Gasteiger partial charge in [-0.05, 0) is 189 Å². The molecule has 18 nitrogen and oxygen atoms in total. The quantitative estimate of drug-likeness (QED) is 0.0672. The van der Waals surface area contributed by atoms with Crippen LogP contribution in [0.3, 0.4) is 0 Å². The Labute approximate surface area is 562 Å². The molecule has 6 aromatic rings. The van der Waals surface area contributed by atoms with Gasteiger partial charge < -0.3 is 48.0 Å². The van der Waals surface area contributed by atoms with Gasteiger partial charge in [-0.2, -0.15) is 0 Å². The topological polar surface area (TPSA) is 183 Å². The predicted molar refractivity (Wildman–Crippen MR) is 366 cm³/mol. The van der Waals surface area contributed by atoms with E-state index in [9.17, 15) is 24.0 Å². The average Bonchev–Trinajstić information content (AvgIpc) is 0.781. The Hall–Kier alpha value is -7.43. The first-order valence-corrected chi connectivity index (χ1v) is 34.7. The van der Waals surface area contributed by atoms with Gasteiger partial charge in [-0.1, -0.05) is 38.8 Å². The SMILES string of the molecule is CC(C)(C)OC(=O)N1CCC(C=O)CC1.CCCCn1cc(-c2ccc(O[C@@H]3CCN(CC4CCN(C(=O)OC(C)(C)C)CC4)C[C@H]3F)c(F)c2)c2ccncc2c1=O.CCCCn1cc(-c2ccc(O[C@@H]3CCN(CC4CCNCC4)C[C@H]3F)c(F)c2)c2ccncc2c1=O. The number of fused-ring (bicyclic) bond motifs is 2. The summed E-state index contributed by atoms with van der Waals surface area (Å²) in [5.41, 5.74) is 1.57. The van der Waals surface area contributed by atoms with Crippen LogP contribution in [0, 0.1) is 29.4 Å². The summed E-state index contributed by atoms with van der Waals surface area (Å²) in [5.74, 6) is 0.0928. The second-order valence-corrected chi connectivity index (χ2v) is 28.4. The molecule has 522 valence electrons. The largest absolute Gasteiger partial charge is 0.484 e. The van der Waals surface area contributed by atoms with E-state index in [0.717, 1.165) is 120 Å². The van der Waals surface area contributed by atoms with Crippen LogP contribution >= 0.6 is 0 Å². The molecular weight excluding hydrogens is 1230 g/mol. The summed E-state index contributed by atoms with van der Waals surface area (Å²) in [5, 5.41) is 5.80. The molecule has 96 heavy (non-hydrogen) atoms. The zero-order valence-corrected chi connectivity index (χ0v) is 57.4. The molecule has 5 saturated heterocycles. The highest BCUT2D eigenvalue weighted by molar-refractivity contribution is 5.96. The number of alkyl halides is 2. The van der Waals surface area contributed by atoms with E-state index in [4.69, 9.17) is 18.9 Å². The zero-order valence-electron chi connectivity index (χ0n) is 57.4. The molecule has 11 rings (SSSR count). The molecule has 0 unspecified atom stereocenters. The number of nitrogens with zero attached hydrogens (tertiary/aromatic N) is 8. The standard InChI is InChI=1S/C34H44F2N4O4.C29H36F2N4O2.C11H19NO3/c1-5-6-14-40-21-27(25-9-13-37-19-26(25)32(40)41)24-7-8-30(28(35)18-24)43-31-12-15-38(22-29(31)36)20-23-10-16-39(17-11-23)33(42)44-34(2,3)4;1-2-3-13-35-18-24(22-8-12-33-16-23(22)29(35)36)21-4-5-27(25(30)15-21)37-28-9-14-34(19-26(28)31)17-20-6-10-32-11-7-20;1-11(2,3)15-10(14)12-6-4-9(8-13)5-7-12/h7-9,13,18-19,21,23,29,31H,5-6,10-12,14-17,20,22H2,1-4H3;4-5,8,12,15-16,18,20,26,28,32H,2-3,6-7,9-11,13-14,17,19H2,1H3;8-9H,4-7H2,1-3H3/t29-,31-;26-,28-;/m11./s1. The molecule has 0 saturated carbocycles. The van der Waals surface area contributed by atoms with Crippen LogP contribution in [0.2, 0.25) is 0 Å². The number of ether oxygens (including phenoxy) is 4. The average molecular weight is 1330 g/mol. The summed E-state index contributed by atoms with van der Waals surface area (Å²) < 4.78 is 86.8. The molecule has 2 amide bonds. The number of carbonyl (C=O) groups excluding carboxylic acids is 3. The molecule has 0 spiro atoms. The number of unbranched alkanes of at least 4 members (excludes halogenated alkanes) is 2. The molecule has 5 aliphatic heterocycles. The minimum atomic E-state index is -1.25. The summed E-state index contributed by atoms with van der Waals surface area (Å²) in [6, 6.07) is 13.0. The number of carbonyl (C=O) groups is 3. The van der Waals surface area contributed by atoms with Crippen LogP contribution in [0.4, 0.5) is 27.2 Å². The van der Waals surface area contributed by atoms with E-state index in [1.54, 1.807) is 92.5 Å². The lowest BCUT2D eigenvalue weighted by Gasteiger charge is -2.39. The Morgan fingerprint density at radius 1 is 0.573 bits per heavy atom. The Morgan fingerprint density at radius 3 is 1.38 bits per heavy atom. The molecule has 0 aliphatic carbocycles. The number of aldehydes is 1. The number of likely N-dealkylation sites (tertiary alicyclic amines) is 4. The molecule has 4 atom stereocenters. The Balaban J connectivity index is 0.000000188. The highest BCUT2D eigenvalue weighted by Crippen LogP contribution is 2.35. The summed E-state index contributed by atoms with van der Waals surface area (Å²) >= 11 is 0. The summed E-state index contributed by atoms with van der Waals surface area (Å²) in [7, 11) is 0. The minimum absolute atomic E-state index is 0.0228. The maximum Gasteiger partial charge on any atom is 0.410 e. The number of nitrogens with one attached hydrogen (secondary N) is 1. The maximum atomic E-state index is 15.4. The first-order chi connectivity index (χ1) is 46.0. The lowest BCUT2D eigenvalue weighted by Crippen LogP contribution is -2.49. The number of aryl methyl sites for hydroxylation is 2. The van der Waals surface area contributed by atoms with Crippen molar-refractivity contribution in [3.05, 3.63) is 118 Å². The van der Waals surface area contributed by atoms with Crippen molar-refractivity contribution in [2.45, 2.75) is 181 Å². The molecule has 5 aliphatic rings. The third-order valence-electron chi connectivity index (χ3n) is 18.6. The van der Waals surface area contributed by atoms with Crippen LogP contribution in [-0.2, 0) is 27.4 Å². The van der Waals surface area contributed by atoms with Gasteiger partial charge in [0.15, 0.2) is 23.1 Å². The monoisotopic (exact) mass is 1330 g/mol. The van der Waals surface area contributed by atoms with Crippen molar-refractivity contribution in [2.75, 3.05) is 78.5 Å². The first-order valence-electron chi connectivity index (χ1n) is 34.7. The second-order valence-electron chi connectivity index (χ2n) is 28.4. The van der Waals surface area contributed by atoms with E-state index in [-0.39, 0.29) is 47.3 Å². The van der Waals surface area contributed by atoms with Crippen molar-refractivity contribution in [3.63, 3.8) is 0 Å². The molecule has 5 fully saturated rings. The fourth-order valence-corrected chi connectivity index (χ4v) is 13.2.